The molecule has 0 saturated carbocycles. The molecular formula is C11H23NO. The maximum atomic E-state index is 8.31. The summed E-state index contributed by atoms with van der Waals surface area (Å²) in [7, 11) is 0. The van der Waals surface area contributed by atoms with Gasteiger partial charge in [0.25, 0.3) is 0 Å². The normalized spacial score (nSPS) is 10.2. The van der Waals surface area contributed by atoms with Crippen molar-refractivity contribution in [2.45, 2.75) is 51.4 Å². The standard InChI is InChI=1S/C11H23NO/c1-2-3-4-5-6-7-8-9-10-11-12-13/h2,12-13H,1,3-11H2. The molecule has 2 N–H and O–H groups in total. The highest BCUT2D eigenvalue weighted by atomic mass is 16.5. The van der Waals surface area contributed by atoms with E-state index in [9.17, 15) is 0 Å². The van der Waals surface area contributed by atoms with Crippen LogP contribution < -0.4 is 5.48 Å². The summed E-state index contributed by atoms with van der Waals surface area (Å²) < 4.78 is 0. The first-order chi connectivity index (χ1) is 6.41. The third-order valence-electron chi connectivity index (χ3n) is 2.20. The van der Waals surface area contributed by atoms with Crippen LogP contribution in [0.15, 0.2) is 12.7 Å². The zero-order valence-corrected chi connectivity index (χ0v) is 8.60. The van der Waals surface area contributed by atoms with Gasteiger partial charge in [-0.2, -0.15) is 0 Å². The predicted molar refractivity (Wildman–Crippen MR) is 56.9 cm³/mol. The fourth-order valence-corrected chi connectivity index (χ4v) is 1.38. The molecule has 0 unspecified atom stereocenters. The van der Waals surface area contributed by atoms with Crippen molar-refractivity contribution >= 4 is 0 Å². The molecule has 13 heavy (non-hydrogen) atoms. The topological polar surface area (TPSA) is 32.3 Å². The van der Waals surface area contributed by atoms with E-state index in [1.807, 2.05) is 6.08 Å². The summed E-state index contributed by atoms with van der Waals surface area (Å²) in [5.74, 6) is 0. The molecule has 0 heterocycles. The van der Waals surface area contributed by atoms with Gasteiger partial charge in [0.05, 0.1) is 0 Å². The summed E-state index contributed by atoms with van der Waals surface area (Å²) in [6.45, 7) is 4.43. The molecule has 2 nitrogen and oxygen atoms in total. The first kappa shape index (κ1) is 12.7. The molecule has 0 bridgehead atoms. The van der Waals surface area contributed by atoms with Crippen molar-refractivity contribution in [3.63, 3.8) is 0 Å². The smallest absolute Gasteiger partial charge is 0.0207 e. The summed E-state index contributed by atoms with van der Waals surface area (Å²) in [6, 6.07) is 0. The van der Waals surface area contributed by atoms with Gasteiger partial charge in [0.1, 0.15) is 0 Å². The average Bonchev–Trinajstić information content (AvgIpc) is 2.16. The SMILES string of the molecule is C=CCCCCCCCCCNO. The highest BCUT2D eigenvalue weighted by Gasteiger charge is 1.90. The van der Waals surface area contributed by atoms with Crippen molar-refractivity contribution in [3.8, 4) is 0 Å². The summed E-state index contributed by atoms with van der Waals surface area (Å²) in [5.41, 5.74) is 2.18. The van der Waals surface area contributed by atoms with Crippen LogP contribution >= 0.6 is 0 Å². The van der Waals surface area contributed by atoms with E-state index in [1.54, 1.807) is 0 Å². The van der Waals surface area contributed by atoms with Crippen molar-refractivity contribution in [2.75, 3.05) is 6.54 Å². The van der Waals surface area contributed by atoms with E-state index in [0.29, 0.717) is 0 Å². The molecule has 78 valence electrons. The van der Waals surface area contributed by atoms with E-state index in [4.69, 9.17) is 5.21 Å². The van der Waals surface area contributed by atoms with Gasteiger partial charge in [-0.25, -0.2) is 5.48 Å². The highest BCUT2D eigenvalue weighted by molar-refractivity contribution is 4.65. The molecule has 0 aromatic rings. The minimum absolute atomic E-state index is 0.733. The molecule has 0 aliphatic heterocycles. The van der Waals surface area contributed by atoms with Gasteiger partial charge >= 0.3 is 0 Å². The lowest BCUT2D eigenvalue weighted by molar-refractivity contribution is 0.164. The number of allylic oxidation sites excluding steroid dienone is 1. The van der Waals surface area contributed by atoms with Crippen molar-refractivity contribution in [1.82, 2.24) is 5.48 Å². The number of unbranched alkanes of at least 4 members (excludes halogenated alkanes) is 7. The molecule has 0 rings (SSSR count). The van der Waals surface area contributed by atoms with E-state index in [0.717, 1.165) is 19.4 Å². The molecule has 0 spiro atoms. The summed E-state index contributed by atoms with van der Waals surface area (Å²) >= 11 is 0. The largest absolute Gasteiger partial charge is 0.317 e. The third-order valence-corrected chi connectivity index (χ3v) is 2.20. The minimum Gasteiger partial charge on any atom is -0.317 e. The predicted octanol–water partition coefficient (Wildman–Crippen LogP) is 3.27. The van der Waals surface area contributed by atoms with Gasteiger partial charge in [-0.1, -0.05) is 38.2 Å². The van der Waals surface area contributed by atoms with Gasteiger partial charge in [0.2, 0.25) is 0 Å². The van der Waals surface area contributed by atoms with E-state index < -0.39 is 0 Å². The van der Waals surface area contributed by atoms with E-state index >= 15 is 0 Å². The zero-order chi connectivity index (χ0) is 9.78. The van der Waals surface area contributed by atoms with Crippen molar-refractivity contribution in [1.29, 1.82) is 0 Å². The Labute approximate surface area is 82.0 Å². The number of hydrogen-bond acceptors (Lipinski definition) is 2. The highest BCUT2D eigenvalue weighted by Crippen LogP contribution is 2.08. The van der Waals surface area contributed by atoms with Gasteiger partial charge < -0.3 is 5.21 Å². The molecule has 0 radical (unpaired) electrons. The molecular weight excluding hydrogens is 162 g/mol. The van der Waals surface area contributed by atoms with Gasteiger partial charge in [-0.05, 0) is 19.3 Å². The second kappa shape index (κ2) is 11.7. The first-order valence-electron chi connectivity index (χ1n) is 5.39. The van der Waals surface area contributed by atoms with Crippen LogP contribution in [0.5, 0.6) is 0 Å². The summed E-state index contributed by atoms with van der Waals surface area (Å²) in [4.78, 5) is 0. The molecule has 0 saturated heterocycles. The Kier molecular flexibility index (Phi) is 11.4. The van der Waals surface area contributed by atoms with Crippen molar-refractivity contribution < 1.29 is 5.21 Å². The maximum Gasteiger partial charge on any atom is 0.0207 e. The van der Waals surface area contributed by atoms with Crippen LogP contribution in [0.25, 0.3) is 0 Å². The van der Waals surface area contributed by atoms with Crippen LogP contribution in [0.2, 0.25) is 0 Å². The second-order valence-corrected chi connectivity index (χ2v) is 3.46. The summed E-state index contributed by atoms with van der Waals surface area (Å²) in [6.07, 6.45) is 12.1. The average molecular weight is 185 g/mol. The summed E-state index contributed by atoms with van der Waals surface area (Å²) in [5, 5.41) is 8.31. The Bertz CT molecular complexity index is 104. The molecule has 0 fully saturated rings. The Hall–Kier alpha value is -0.340. The lowest BCUT2D eigenvalue weighted by atomic mass is 10.1. The molecule has 0 aliphatic rings. The van der Waals surface area contributed by atoms with Crippen LogP contribution in [0.3, 0.4) is 0 Å². The maximum absolute atomic E-state index is 8.31. The quantitative estimate of drug-likeness (QED) is 0.311. The van der Waals surface area contributed by atoms with Crippen LogP contribution in [-0.2, 0) is 0 Å². The van der Waals surface area contributed by atoms with Crippen LogP contribution in [-0.4, -0.2) is 11.8 Å². The molecule has 0 atom stereocenters. The Morgan fingerprint density at radius 3 is 2.00 bits per heavy atom. The van der Waals surface area contributed by atoms with Gasteiger partial charge in [0.15, 0.2) is 0 Å². The number of nitrogens with one attached hydrogen (secondary N) is 1. The molecule has 0 aromatic heterocycles. The number of hydrogen-bond donors (Lipinski definition) is 2. The van der Waals surface area contributed by atoms with Gasteiger partial charge in [-0.3, -0.25) is 0 Å². The number of hydroxylamine groups is 1. The molecule has 0 aromatic carbocycles. The Morgan fingerprint density at radius 2 is 1.46 bits per heavy atom. The number of rotatable bonds is 10. The Balaban J connectivity index is 2.79. The minimum atomic E-state index is 0.733. The lowest BCUT2D eigenvalue weighted by Gasteiger charge is -2.00. The fraction of sp³-hybridized carbons (Fsp3) is 0.818. The molecule has 0 aliphatic carbocycles. The second-order valence-electron chi connectivity index (χ2n) is 3.46. The first-order valence-corrected chi connectivity index (χ1v) is 5.39. The van der Waals surface area contributed by atoms with Crippen LogP contribution in [0.1, 0.15) is 51.4 Å². The van der Waals surface area contributed by atoms with Crippen LogP contribution in [0.4, 0.5) is 0 Å². The molecule has 2 heteroatoms. The van der Waals surface area contributed by atoms with Crippen molar-refractivity contribution in [2.24, 2.45) is 0 Å². The van der Waals surface area contributed by atoms with Crippen molar-refractivity contribution in [3.05, 3.63) is 12.7 Å². The monoisotopic (exact) mass is 185 g/mol. The van der Waals surface area contributed by atoms with E-state index in [1.165, 1.54) is 38.5 Å². The van der Waals surface area contributed by atoms with E-state index in [-0.39, 0.29) is 0 Å². The van der Waals surface area contributed by atoms with E-state index in [2.05, 4.69) is 12.1 Å². The third kappa shape index (κ3) is 11.7. The molecule has 0 amide bonds. The van der Waals surface area contributed by atoms with Crippen LogP contribution in [0, 0.1) is 0 Å². The van der Waals surface area contributed by atoms with Gasteiger partial charge in [-0.15, -0.1) is 6.58 Å². The fourth-order valence-electron chi connectivity index (χ4n) is 1.38. The van der Waals surface area contributed by atoms with Gasteiger partial charge in [0, 0.05) is 6.54 Å². The lowest BCUT2D eigenvalue weighted by Crippen LogP contribution is -2.07. The Morgan fingerprint density at radius 1 is 0.923 bits per heavy atom. The zero-order valence-electron chi connectivity index (χ0n) is 8.60.